The van der Waals surface area contributed by atoms with Crippen LogP contribution in [0.4, 0.5) is 4.39 Å². The number of aromatic nitrogens is 2. The molecule has 0 aliphatic heterocycles. The summed E-state index contributed by atoms with van der Waals surface area (Å²) in [5.74, 6) is -0.757. The van der Waals surface area contributed by atoms with Crippen LogP contribution in [0.2, 0.25) is 0 Å². The molecule has 0 radical (unpaired) electrons. The SMILES string of the molecule is O=C(NCC(O)c1ccccc1)c1cc(COc2ccccc2F)[nH]n1. The van der Waals surface area contributed by atoms with Crippen molar-refractivity contribution in [3.05, 3.63) is 83.4 Å². The molecule has 3 N–H and O–H groups in total. The van der Waals surface area contributed by atoms with Gasteiger partial charge in [-0.2, -0.15) is 5.10 Å². The molecule has 1 heterocycles. The smallest absolute Gasteiger partial charge is 0.271 e. The minimum absolute atomic E-state index is 0.0495. The maximum atomic E-state index is 13.5. The summed E-state index contributed by atoms with van der Waals surface area (Å²) >= 11 is 0. The number of para-hydroxylation sites is 1. The fraction of sp³-hybridized carbons (Fsp3) is 0.158. The van der Waals surface area contributed by atoms with Gasteiger partial charge in [-0.25, -0.2) is 4.39 Å². The van der Waals surface area contributed by atoms with E-state index in [1.54, 1.807) is 24.3 Å². The topological polar surface area (TPSA) is 87.2 Å². The van der Waals surface area contributed by atoms with Crippen molar-refractivity contribution in [1.29, 1.82) is 0 Å². The van der Waals surface area contributed by atoms with Gasteiger partial charge in [0.05, 0.1) is 11.8 Å². The Kier molecular flexibility index (Phi) is 5.60. The van der Waals surface area contributed by atoms with Gasteiger partial charge < -0.3 is 15.2 Å². The van der Waals surface area contributed by atoms with Gasteiger partial charge in [-0.1, -0.05) is 42.5 Å². The Hall–Kier alpha value is -3.19. The molecule has 0 fully saturated rings. The van der Waals surface area contributed by atoms with Gasteiger partial charge in [-0.05, 0) is 23.8 Å². The second-order valence-corrected chi connectivity index (χ2v) is 5.63. The maximum absolute atomic E-state index is 13.5. The molecule has 3 aromatic rings. The maximum Gasteiger partial charge on any atom is 0.271 e. The van der Waals surface area contributed by atoms with E-state index in [2.05, 4.69) is 15.5 Å². The van der Waals surface area contributed by atoms with Crippen molar-refractivity contribution in [3.63, 3.8) is 0 Å². The first-order chi connectivity index (χ1) is 12.6. The molecule has 1 amide bonds. The van der Waals surface area contributed by atoms with E-state index in [4.69, 9.17) is 4.74 Å². The van der Waals surface area contributed by atoms with Gasteiger partial charge in [-0.3, -0.25) is 9.89 Å². The summed E-state index contributed by atoms with van der Waals surface area (Å²) < 4.78 is 18.9. The summed E-state index contributed by atoms with van der Waals surface area (Å²) in [5, 5.41) is 19.3. The third kappa shape index (κ3) is 4.46. The molecule has 0 aliphatic rings. The van der Waals surface area contributed by atoms with E-state index >= 15 is 0 Å². The zero-order valence-corrected chi connectivity index (χ0v) is 13.9. The molecule has 0 saturated carbocycles. The van der Waals surface area contributed by atoms with Crippen molar-refractivity contribution < 1.29 is 19.0 Å². The van der Waals surface area contributed by atoms with Crippen LogP contribution in [0.15, 0.2) is 60.7 Å². The Bertz CT molecular complexity index is 867. The minimum atomic E-state index is -0.803. The highest BCUT2D eigenvalue weighted by Gasteiger charge is 2.14. The molecule has 26 heavy (non-hydrogen) atoms. The lowest BCUT2D eigenvalue weighted by atomic mass is 10.1. The summed E-state index contributed by atoms with van der Waals surface area (Å²) in [6, 6.07) is 16.6. The van der Waals surface area contributed by atoms with Crippen LogP contribution < -0.4 is 10.1 Å². The van der Waals surface area contributed by atoms with Gasteiger partial charge in [0.1, 0.15) is 12.3 Å². The van der Waals surface area contributed by atoms with Crippen LogP contribution in [0.25, 0.3) is 0 Å². The van der Waals surface area contributed by atoms with E-state index in [1.165, 1.54) is 18.2 Å². The number of ether oxygens (including phenoxy) is 1. The molecular weight excluding hydrogens is 337 g/mol. The monoisotopic (exact) mass is 355 g/mol. The number of carbonyl (C=O) groups excluding carboxylic acids is 1. The molecular formula is C19H18FN3O3. The van der Waals surface area contributed by atoms with E-state index in [0.717, 1.165) is 0 Å². The first kappa shape index (κ1) is 17.6. The van der Waals surface area contributed by atoms with Crippen LogP contribution in [0.3, 0.4) is 0 Å². The summed E-state index contributed by atoms with van der Waals surface area (Å²) in [6.07, 6.45) is -0.803. The number of halogens is 1. The van der Waals surface area contributed by atoms with Crippen LogP contribution in [-0.4, -0.2) is 27.8 Å². The third-order valence-corrected chi connectivity index (χ3v) is 3.72. The van der Waals surface area contributed by atoms with Crippen LogP contribution in [-0.2, 0) is 6.61 Å². The molecule has 1 unspecified atom stereocenters. The lowest BCUT2D eigenvalue weighted by molar-refractivity contribution is 0.0911. The summed E-state index contributed by atoms with van der Waals surface area (Å²) in [5.41, 5.74) is 1.41. The number of benzene rings is 2. The summed E-state index contributed by atoms with van der Waals surface area (Å²) in [4.78, 5) is 12.1. The number of nitrogens with zero attached hydrogens (tertiary/aromatic N) is 1. The van der Waals surface area contributed by atoms with E-state index in [-0.39, 0.29) is 24.6 Å². The number of rotatable bonds is 7. The van der Waals surface area contributed by atoms with Gasteiger partial charge >= 0.3 is 0 Å². The van der Waals surface area contributed by atoms with E-state index in [1.807, 2.05) is 18.2 Å². The minimum Gasteiger partial charge on any atom is -0.484 e. The lowest BCUT2D eigenvalue weighted by Gasteiger charge is -2.11. The largest absolute Gasteiger partial charge is 0.484 e. The van der Waals surface area contributed by atoms with Crippen molar-refractivity contribution in [2.45, 2.75) is 12.7 Å². The number of hydrogen-bond acceptors (Lipinski definition) is 4. The normalized spacial score (nSPS) is 11.8. The third-order valence-electron chi connectivity index (χ3n) is 3.72. The molecule has 1 aromatic heterocycles. The van der Waals surface area contributed by atoms with Gasteiger partial charge in [0.25, 0.3) is 5.91 Å². The Labute approximate surface area is 149 Å². The molecule has 6 nitrogen and oxygen atoms in total. The zero-order valence-electron chi connectivity index (χ0n) is 13.9. The lowest BCUT2D eigenvalue weighted by Crippen LogP contribution is -2.28. The number of amides is 1. The molecule has 2 aromatic carbocycles. The second kappa shape index (κ2) is 8.26. The molecule has 7 heteroatoms. The van der Waals surface area contributed by atoms with Crippen LogP contribution in [0, 0.1) is 5.82 Å². The average molecular weight is 355 g/mol. The van der Waals surface area contributed by atoms with Crippen molar-refractivity contribution in [1.82, 2.24) is 15.5 Å². The molecule has 0 spiro atoms. The van der Waals surface area contributed by atoms with Crippen molar-refractivity contribution in [2.24, 2.45) is 0 Å². The number of hydrogen-bond donors (Lipinski definition) is 3. The van der Waals surface area contributed by atoms with E-state index in [0.29, 0.717) is 11.3 Å². The van der Waals surface area contributed by atoms with Crippen molar-refractivity contribution in [2.75, 3.05) is 6.54 Å². The Morgan fingerprint density at radius 2 is 1.92 bits per heavy atom. The first-order valence-corrected chi connectivity index (χ1v) is 8.06. The quantitative estimate of drug-likeness (QED) is 0.608. The second-order valence-electron chi connectivity index (χ2n) is 5.63. The van der Waals surface area contributed by atoms with Crippen LogP contribution in [0.5, 0.6) is 5.75 Å². The molecule has 0 saturated heterocycles. The van der Waals surface area contributed by atoms with Crippen LogP contribution >= 0.6 is 0 Å². The highest BCUT2D eigenvalue weighted by Crippen LogP contribution is 2.17. The Morgan fingerprint density at radius 3 is 2.69 bits per heavy atom. The predicted molar refractivity (Wildman–Crippen MR) is 93.1 cm³/mol. The molecule has 1 atom stereocenters. The Balaban J connectivity index is 1.52. The Morgan fingerprint density at radius 1 is 1.19 bits per heavy atom. The molecule has 134 valence electrons. The first-order valence-electron chi connectivity index (χ1n) is 8.06. The van der Waals surface area contributed by atoms with Gasteiger partial charge in [0, 0.05) is 6.54 Å². The average Bonchev–Trinajstić information content (AvgIpc) is 3.15. The number of aliphatic hydroxyl groups excluding tert-OH is 1. The van der Waals surface area contributed by atoms with Crippen molar-refractivity contribution >= 4 is 5.91 Å². The summed E-state index contributed by atoms with van der Waals surface area (Å²) in [7, 11) is 0. The molecule has 0 aliphatic carbocycles. The van der Waals surface area contributed by atoms with Crippen LogP contribution in [0.1, 0.15) is 27.8 Å². The summed E-state index contributed by atoms with van der Waals surface area (Å²) in [6.45, 7) is 0.116. The van der Waals surface area contributed by atoms with E-state index in [9.17, 15) is 14.3 Å². The van der Waals surface area contributed by atoms with Gasteiger partial charge in [-0.15, -0.1) is 0 Å². The highest BCUT2D eigenvalue weighted by atomic mass is 19.1. The number of H-pyrrole nitrogens is 1. The zero-order chi connectivity index (χ0) is 18.4. The molecule has 3 rings (SSSR count). The fourth-order valence-corrected chi connectivity index (χ4v) is 2.34. The number of carbonyl (C=O) groups is 1. The number of aliphatic hydroxyl groups is 1. The van der Waals surface area contributed by atoms with Crippen molar-refractivity contribution in [3.8, 4) is 5.75 Å². The van der Waals surface area contributed by atoms with Gasteiger partial charge in [0.15, 0.2) is 11.6 Å². The predicted octanol–water partition coefficient (Wildman–Crippen LogP) is 2.59. The number of aromatic amines is 1. The van der Waals surface area contributed by atoms with E-state index < -0.39 is 17.8 Å². The van der Waals surface area contributed by atoms with Gasteiger partial charge in [0.2, 0.25) is 0 Å². The number of nitrogens with one attached hydrogen (secondary N) is 2. The standard InChI is InChI=1S/C19H18FN3O3/c20-15-8-4-5-9-18(15)26-12-14-10-16(23-22-14)19(25)21-11-17(24)13-6-2-1-3-7-13/h1-10,17,24H,11-12H2,(H,21,25)(H,22,23). The fourth-order valence-electron chi connectivity index (χ4n) is 2.34. The molecule has 0 bridgehead atoms. The highest BCUT2D eigenvalue weighted by molar-refractivity contribution is 5.92.